The topological polar surface area (TPSA) is 43.4 Å². The summed E-state index contributed by atoms with van der Waals surface area (Å²) in [5, 5.41) is -0.462. The van der Waals surface area contributed by atoms with Gasteiger partial charge in [-0.15, -0.1) is 0 Å². The average molecular weight is 215 g/mol. The van der Waals surface area contributed by atoms with Crippen molar-refractivity contribution in [3.63, 3.8) is 0 Å². The van der Waals surface area contributed by atoms with E-state index in [1.54, 1.807) is 0 Å². The van der Waals surface area contributed by atoms with Crippen molar-refractivity contribution < 1.29 is 17.0 Å². The molecule has 1 aromatic rings. The Kier molecular flexibility index (Phi) is 2.19. The lowest BCUT2D eigenvalue weighted by molar-refractivity contribution is 0.459. The standard InChI is InChI=1S/C9H8FO3S/c10-8-3-1-2-4-9(8)13-14(11,12)7-5-6-7/h1-3,7H,5-6H2. The van der Waals surface area contributed by atoms with Gasteiger partial charge >= 0.3 is 10.1 Å². The molecule has 0 spiro atoms. The van der Waals surface area contributed by atoms with Gasteiger partial charge in [-0.2, -0.15) is 8.42 Å². The van der Waals surface area contributed by atoms with Gasteiger partial charge in [0.15, 0.2) is 11.6 Å². The Balaban J connectivity index is 2.22. The van der Waals surface area contributed by atoms with Gasteiger partial charge in [-0.1, -0.05) is 12.1 Å². The summed E-state index contributed by atoms with van der Waals surface area (Å²) in [4.78, 5) is 0. The highest BCUT2D eigenvalue weighted by Crippen LogP contribution is 2.31. The van der Waals surface area contributed by atoms with E-state index in [1.807, 2.05) is 0 Å². The summed E-state index contributed by atoms with van der Waals surface area (Å²) in [7, 11) is -3.63. The lowest BCUT2D eigenvalue weighted by Gasteiger charge is -2.05. The monoisotopic (exact) mass is 215 g/mol. The van der Waals surface area contributed by atoms with E-state index < -0.39 is 21.2 Å². The van der Waals surface area contributed by atoms with Crippen LogP contribution in [0.4, 0.5) is 4.39 Å². The summed E-state index contributed by atoms with van der Waals surface area (Å²) >= 11 is 0. The molecular weight excluding hydrogens is 207 g/mol. The van der Waals surface area contributed by atoms with Crippen LogP contribution >= 0.6 is 0 Å². The first kappa shape index (κ1) is 9.45. The minimum atomic E-state index is -3.63. The molecule has 1 aromatic carbocycles. The largest absolute Gasteiger partial charge is 0.378 e. The van der Waals surface area contributed by atoms with Crippen LogP contribution in [0.2, 0.25) is 0 Å². The van der Waals surface area contributed by atoms with E-state index in [1.165, 1.54) is 12.1 Å². The van der Waals surface area contributed by atoms with E-state index in [-0.39, 0.29) is 5.75 Å². The normalized spacial score (nSPS) is 16.6. The van der Waals surface area contributed by atoms with Crippen molar-refractivity contribution in [2.24, 2.45) is 0 Å². The predicted molar refractivity (Wildman–Crippen MR) is 47.8 cm³/mol. The highest BCUT2D eigenvalue weighted by atomic mass is 32.2. The minimum absolute atomic E-state index is 0.348. The van der Waals surface area contributed by atoms with Gasteiger partial charge in [0.25, 0.3) is 0 Å². The fourth-order valence-corrected chi connectivity index (χ4v) is 2.22. The van der Waals surface area contributed by atoms with Gasteiger partial charge in [-0.3, -0.25) is 0 Å². The number of para-hydroxylation sites is 1. The molecule has 3 nitrogen and oxygen atoms in total. The summed E-state index contributed by atoms with van der Waals surface area (Å²) in [5.41, 5.74) is 0. The Bertz CT molecular complexity index is 437. The van der Waals surface area contributed by atoms with Crippen molar-refractivity contribution >= 4 is 10.1 Å². The predicted octanol–water partition coefficient (Wildman–Crippen LogP) is 1.50. The van der Waals surface area contributed by atoms with Crippen LogP contribution in [0.15, 0.2) is 18.2 Å². The van der Waals surface area contributed by atoms with E-state index in [0.29, 0.717) is 12.8 Å². The number of halogens is 1. The maximum absolute atomic E-state index is 13.0. The van der Waals surface area contributed by atoms with Gasteiger partial charge in [0.2, 0.25) is 0 Å². The fourth-order valence-electron chi connectivity index (χ4n) is 1.01. The molecule has 0 aliphatic heterocycles. The molecule has 2 rings (SSSR count). The molecule has 0 heterocycles. The molecule has 0 amide bonds. The first-order chi connectivity index (χ1) is 6.59. The van der Waals surface area contributed by atoms with Crippen LogP contribution in [0, 0.1) is 11.9 Å². The second-order valence-electron chi connectivity index (χ2n) is 3.12. The van der Waals surface area contributed by atoms with Crippen LogP contribution in [-0.2, 0) is 10.1 Å². The van der Waals surface area contributed by atoms with Crippen molar-refractivity contribution in [1.29, 1.82) is 0 Å². The lowest BCUT2D eigenvalue weighted by Crippen LogP contribution is -2.15. The smallest absolute Gasteiger partial charge is 0.312 e. The van der Waals surface area contributed by atoms with Crippen LogP contribution in [0.5, 0.6) is 5.75 Å². The second-order valence-corrected chi connectivity index (χ2v) is 4.94. The molecule has 0 aromatic heterocycles. The van der Waals surface area contributed by atoms with Crippen LogP contribution < -0.4 is 4.18 Å². The van der Waals surface area contributed by atoms with Gasteiger partial charge in [0.05, 0.1) is 5.25 Å². The highest BCUT2D eigenvalue weighted by Gasteiger charge is 2.38. The zero-order valence-electron chi connectivity index (χ0n) is 7.23. The van der Waals surface area contributed by atoms with Crippen molar-refractivity contribution in [3.8, 4) is 5.75 Å². The third kappa shape index (κ3) is 1.87. The molecule has 1 radical (unpaired) electrons. The number of hydrogen-bond acceptors (Lipinski definition) is 3. The molecule has 1 aliphatic carbocycles. The fraction of sp³-hybridized carbons (Fsp3) is 0.333. The molecular formula is C9H8FO3S. The van der Waals surface area contributed by atoms with E-state index >= 15 is 0 Å². The van der Waals surface area contributed by atoms with Crippen molar-refractivity contribution in [2.75, 3.05) is 0 Å². The molecule has 5 heteroatoms. The van der Waals surface area contributed by atoms with Crippen LogP contribution in [0.3, 0.4) is 0 Å². The average Bonchev–Trinajstić information content (AvgIpc) is 2.91. The maximum Gasteiger partial charge on any atom is 0.312 e. The van der Waals surface area contributed by atoms with Gasteiger partial charge in [-0.25, -0.2) is 4.39 Å². The zero-order chi connectivity index (χ0) is 10.2. The molecule has 0 saturated heterocycles. The van der Waals surface area contributed by atoms with Gasteiger partial charge in [0.1, 0.15) is 0 Å². The summed E-state index contributed by atoms with van der Waals surface area (Å²) < 4.78 is 40.2. The van der Waals surface area contributed by atoms with E-state index in [2.05, 4.69) is 10.2 Å². The Morgan fingerprint density at radius 2 is 2.21 bits per heavy atom. The SMILES string of the molecule is O=S(=O)(Oc1[c]cccc1F)C1CC1. The number of rotatable bonds is 3. The molecule has 1 aliphatic rings. The maximum atomic E-state index is 13.0. The summed E-state index contributed by atoms with van der Waals surface area (Å²) in [6, 6.07) is 6.36. The molecule has 0 N–H and O–H groups in total. The van der Waals surface area contributed by atoms with Gasteiger partial charge in [0, 0.05) is 6.07 Å². The Hall–Kier alpha value is -1.10. The Morgan fingerprint density at radius 3 is 2.79 bits per heavy atom. The molecule has 75 valence electrons. The van der Waals surface area contributed by atoms with Gasteiger partial charge < -0.3 is 4.18 Å². The molecule has 0 unspecified atom stereocenters. The zero-order valence-corrected chi connectivity index (χ0v) is 8.05. The molecule has 0 bridgehead atoms. The summed E-state index contributed by atoms with van der Waals surface area (Å²) in [6.45, 7) is 0. The van der Waals surface area contributed by atoms with E-state index in [9.17, 15) is 12.8 Å². The summed E-state index contributed by atoms with van der Waals surface area (Å²) in [5.74, 6) is -1.06. The van der Waals surface area contributed by atoms with Crippen molar-refractivity contribution in [3.05, 3.63) is 30.1 Å². The second kappa shape index (κ2) is 3.24. The van der Waals surface area contributed by atoms with E-state index in [0.717, 1.165) is 6.07 Å². The number of hydrogen-bond donors (Lipinski definition) is 0. The minimum Gasteiger partial charge on any atom is -0.378 e. The highest BCUT2D eigenvalue weighted by molar-refractivity contribution is 7.88. The van der Waals surface area contributed by atoms with Crippen LogP contribution in [-0.4, -0.2) is 13.7 Å². The molecule has 0 atom stereocenters. The first-order valence-electron chi connectivity index (χ1n) is 4.19. The third-order valence-corrected chi connectivity index (χ3v) is 3.59. The van der Waals surface area contributed by atoms with E-state index in [4.69, 9.17) is 0 Å². The lowest BCUT2D eigenvalue weighted by atomic mass is 10.3. The van der Waals surface area contributed by atoms with Crippen LogP contribution in [0.1, 0.15) is 12.8 Å². The molecule has 14 heavy (non-hydrogen) atoms. The molecule has 1 saturated carbocycles. The first-order valence-corrected chi connectivity index (χ1v) is 5.66. The number of benzene rings is 1. The van der Waals surface area contributed by atoms with Gasteiger partial charge in [-0.05, 0) is 18.9 Å². The Morgan fingerprint density at radius 1 is 1.50 bits per heavy atom. The van der Waals surface area contributed by atoms with Crippen molar-refractivity contribution in [2.45, 2.75) is 18.1 Å². The summed E-state index contributed by atoms with van der Waals surface area (Å²) in [6.07, 6.45) is 1.19. The molecule has 1 fully saturated rings. The Labute approximate surface area is 81.6 Å². The third-order valence-electron chi connectivity index (χ3n) is 1.90. The van der Waals surface area contributed by atoms with Crippen molar-refractivity contribution in [1.82, 2.24) is 0 Å². The van der Waals surface area contributed by atoms with Crippen LogP contribution in [0.25, 0.3) is 0 Å². The quantitative estimate of drug-likeness (QED) is 0.717.